The van der Waals surface area contributed by atoms with Crippen molar-refractivity contribution in [2.45, 2.75) is 20.3 Å². The number of benzene rings is 1. The minimum atomic E-state index is -0.394. The highest BCUT2D eigenvalue weighted by molar-refractivity contribution is 5.96. The summed E-state index contributed by atoms with van der Waals surface area (Å²) in [4.78, 5) is 34.2. The molecule has 0 bridgehead atoms. The van der Waals surface area contributed by atoms with Crippen molar-refractivity contribution < 1.29 is 19.1 Å². The first-order valence-electron chi connectivity index (χ1n) is 6.63. The minimum Gasteiger partial charge on any atom is -0.469 e. The van der Waals surface area contributed by atoms with Gasteiger partial charge in [0.1, 0.15) is 0 Å². The zero-order chi connectivity index (χ0) is 15.8. The summed E-state index contributed by atoms with van der Waals surface area (Å²) < 4.78 is 4.45. The van der Waals surface area contributed by atoms with Crippen LogP contribution in [-0.2, 0) is 14.3 Å². The Morgan fingerprint density at radius 1 is 1.10 bits per heavy atom. The van der Waals surface area contributed by atoms with E-state index in [1.54, 1.807) is 12.1 Å². The van der Waals surface area contributed by atoms with E-state index in [-0.39, 0.29) is 31.3 Å². The molecule has 2 N–H and O–H groups in total. The molecule has 0 aliphatic heterocycles. The highest BCUT2D eigenvalue weighted by Crippen LogP contribution is 2.09. The summed E-state index contributed by atoms with van der Waals surface area (Å²) in [6, 6.07) is 5.35. The number of nitrogens with one attached hydrogen (secondary N) is 2. The van der Waals surface area contributed by atoms with Gasteiger partial charge in [0.2, 0.25) is 5.91 Å². The van der Waals surface area contributed by atoms with Crippen molar-refractivity contribution in [3.8, 4) is 0 Å². The van der Waals surface area contributed by atoms with E-state index in [4.69, 9.17) is 0 Å². The minimum absolute atomic E-state index is 0.105. The first-order valence-corrected chi connectivity index (χ1v) is 6.63. The molecule has 6 nitrogen and oxygen atoms in total. The molecule has 0 aliphatic carbocycles. The molecule has 0 aromatic heterocycles. The summed E-state index contributed by atoms with van der Waals surface area (Å²) in [5.41, 5.74) is 2.64. The SMILES string of the molecule is COC(=O)CCNC(=O)CNC(=O)c1ccc(C)c(C)c1. The van der Waals surface area contributed by atoms with Crippen LogP contribution in [-0.4, -0.2) is 38.0 Å². The second kappa shape index (κ2) is 8.04. The lowest BCUT2D eigenvalue weighted by Gasteiger charge is -2.08. The number of aryl methyl sites for hydroxylation is 2. The number of carbonyl (C=O) groups is 3. The zero-order valence-corrected chi connectivity index (χ0v) is 12.5. The molecule has 0 saturated carbocycles. The summed E-state index contributed by atoms with van der Waals surface area (Å²) in [5.74, 6) is -1.05. The fraction of sp³-hybridized carbons (Fsp3) is 0.400. The standard InChI is InChI=1S/C15H20N2O4/c1-10-4-5-12(8-11(10)2)15(20)17-9-13(18)16-7-6-14(19)21-3/h4-5,8H,6-7,9H2,1-3H3,(H,16,18)(H,17,20). The van der Waals surface area contributed by atoms with Crippen LogP contribution in [0.15, 0.2) is 18.2 Å². The predicted molar refractivity (Wildman–Crippen MR) is 77.9 cm³/mol. The van der Waals surface area contributed by atoms with E-state index in [9.17, 15) is 14.4 Å². The van der Waals surface area contributed by atoms with Crippen molar-refractivity contribution in [1.82, 2.24) is 10.6 Å². The number of hydrogen-bond donors (Lipinski definition) is 2. The molecule has 0 saturated heterocycles. The lowest BCUT2D eigenvalue weighted by molar-refractivity contribution is -0.140. The smallest absolute Gasteiger partial charge is 0.307 e. The fourth-order valence-electron chi connectivity index (χ4n) is 1.61. The van der Waals surface area contributed by atoms with Crippen LogP contribution in [0.5, 0.6) is 0 Å². The summed E-state index contributed by atoms with van der Waals surface area (Å²) in [7, 11) is 1.29. The van der Waals surface area contributed by atoms with E-state index in [0.717, 1.165) is 11.1 Å². The monoisotopic (exact) mass is 292 g/mol. The molecule has 6 heteroatoms. The maximum Gasteiger partial charge on any atom is 0.307 e. The molecule has 1 aromatic carbocycles. The van der Waals surface area contributed by atoms with E-state index in [1.165, 1.54) is 7.11 Å². The third-order valence-corrected chi connectivity index (χ3v) is 3.06. The van der Waals surface area contributed by atoms with Crippen molar-refractivity contribution in [2.24, 2.45) is 0 Å². The number of carbonyl (C=O) groups excluding carboxylic acids is 3. The predicted octanol–water partition coefficient (Wildman–Crippen LogP) is 0.713. The first kappa shape index (κ1) is 16.7. The molecule has 0 fully saturated rings. The summed E-state index contributed by atoms with van der Waals surface area (Å²) >= 11 is 0. The third kappa shape index (κ3) is 5.64. The van der Waals surface area contributed by atoms with Crippen molar-refractivity contribution >= 4 is 17.8 Å². The Bertz CT molecular complexity index is 540. The molecule has 0 unspecified atom stereocenters. The molecular formula is C15H20N2O4. The van der Waals surface area contributed by atoms with Crippen LogP contribution in [0.3, 0.4) is 0 Å². The number of methoxy groups -OCH3 is 1. The number of esters is 1. The molecular weight excluding hydrogens is 272 g/mol. The number of hydrogen-bond acceptors (Lipinski definition) is 4. The van der Waals surface area contributed by atoms with Crippen LogP contribution in [0.1, 0.15) is 27.9 Å². The van der Waals surface area contributed by atoms with Crippen LogP contribution in [0.4, 0.5) is 0 Å². The van der Waals surface area contributed by atoms with Gasteiger partial charge in [0, 0.05) is 12.1 Å². The van der Waals surface area contributed by atoms with Crippen molar-refractivity contribution in [3.05, 3.63) is 34.9 Å². The van der Waals surface area contributed by atoms with Gasteiger partial charge in [-0.25, -0.2) is 0 Å². The lowest BCUT2D eigenvalue weighted by atomic mass is 10.1. The van der Waals surface area contributed by atoms with Gasteiger partial charge in [-0.05, 0) is 37.1 Å². The second-order valence-electron chi connectivity index (χ2n) is 4.66. The number of rotatable bonds is 6. The normalized spacial score (nSPS) is 9.86. The summed E-state index contributed by atoms with van der Waals surface area (Å²) in [6.07, 6.45) is 0.105. The Kier molecular flexibility index (Phi) is 6.39. The van der Waals surface area contributed by atoms with E-state index in [0.29, 0.717) is 5.56 Å². The highest BCUT2D eigenvalue weighted by Gasteiger charge is 2.09. The molecule has 0 heterocycles. The molecule has 1 aromatic rings. The molecule has 0 radical (unpaired) electrons. The Morgan fingerprint density at radius 3 is 2.43 bits per heavy atom. The van der Waals surface area contributed by atoms with Crippen molar-refractivity contribution in [1.29, 1.82) is 0 Å². The lowest BCUT2D eigenvalue weighted by Crippen LogP contribution is -2.37. The molecule has 1 rings (SSSR count). The highest BCUT2D eigenvalue weighted by atomic mass is 16.5. The van der Waals surface area contributed by atoms with Gasteiger partial charge in [-0.3, -0.25) is 14.4 Å². The van der Waals surface area contributed by atoms with Crippen LogP contribution < -0.4 is 10.6 Å². The van der Waals surface area contributed by atoms with Crippen LogP contribution in [0.2, 0.25) is 0 Å². The summed E-state index contributed by atoms with van der Waals surface area (Å²) in [5, 5.41) is 5.05. The van der Waals surface area contributed by atoms with Gasteiger partial charge in [0.25, 0.3) is 5.91 Å². The molecule has 114 valence electrons. The van der Waals surface area contributed by atoms with Gasteiger partial charge in [-0.2, -0.15) is 0 Å². The van der Waals surface area contributed by atoms with Crippen molar-refractivity contribution in [3.63, 3.8) is 0 Å². The van der Waals surface area contributed by atoms with Gasteiger partial charge in [0.05, 0.1) is 20.1 Å². The second-order valence-corrected chi connectivity index (χ2v) is 4.66. The molecule has 0 spiro atoms. The van der Waals surface area contributed by atoms with Crippen molar-refractivity contribution in [2.75, 3.05) is 20.2 Å². The van der Waals surface area contributed by atoms with E-state index in [1.807, 2.05) is 19.9 Å². The number of amides is 2. The van der Waals surface area contributed by atoms with Crippen LogP contribution in [0, 0.1) is 13.8 Å². The Balaban J connectivity index is 2.37. The van der Waals surface area contributed by atoms with Gasteiger partial charge in [-0.1, -0.05) is 6.07 Å². The van der Waals surface area contributed by atoms with Crippen LogP contribution >= 0.6 is 0 Å². The quantitative estimate of drug-likeness (QED) is 0.756. The average molecular weight is 292 g/mol. The topological polar surface area (TPSA) is 84.5 Å². The maximum atomic E-state index is 11.9. The third-order valence-electron chi connectivity index (χ3n) is 3.06. The molecule has 0 atom stereocenters. The van der Waals surface area contributed by atoms with Gasteiger partial charge < -0.3 is 15.4 Å². The first-order chi connectivity index (χ1) is 9.93. The molecule has 2 amide bonds. The van der Waals surface area contributed by atoms with Gasteiger partial charge >= 0.3 is 5.97 Å². The Hall–Kier alpha value is -2.37. The molecule has 21 heavy (non-hydrogen) atoms. The fourth-order valence-corrected chi connectivity index (χ4v) is 1.61. The van der Waals surface area contributed by atoms with E-state index < -0.39 is 5.97 Å². The van der Waals surface area contributed by atoms with Gasteiger partial charge in [0.15, 0.2) is 0 Å². The number of ether oxygens (including phenoxy) is 1. The Labute approximate surface area is 123 Å². The van der Waals surface area contributed by atoms with E-state index in [2.05, 4.69) is 15.4 Å². The largest absolute Gasteiger partial charge is 0.469 e. The van der Waals surface area contributed by atoms with Gasteiger partial charge in [-0.15, -0.1) is 0 Å². The van der Waals surface area contributed by atoms with E-state index >= 15 is 0 Å². The molecule has 0 aliphatic rings. The average Bonchev–Trinajstić information content (AvgIpc) is 2.47. The van der Waals surface area contributed by atoms with Crippen LogP contribution in [0.25, 0.3) is 0 Å². The Morgan fingerprint density at radius 2 is 1.81 bits per heavy atom. The maximum absolute atomic E-state index is 11.9. The zero-order valence-electron chi connectivity index (χ0n) is 12.5. The summed E-state index contributed by atoms with van der Waals surface area (Å²) in [6.45, 7) is 3.94.